The van der Waals surface area contributed by atoms with E-state index in [2.05, 4.69) is 32.9 Å². The highest BCUT2D eigenvalue weighted by molar-refractivity contribution is 5.94. The molecule has 3 aromatic rings. The smallest absolute Gasteiger partial charge is 0.251 e. The molecule has 0 fully saturated rings. The number of oxazole rings is 1. The summed E-state index contributed by atoms with van der Waals surface area (Å²) in [5.41, 5.74) is 3.95. The molecule has 1 amide bonds. The third kappa shape index (κ3) is 6.44. The molecule has 0 aliphatic heterocycles. The van der Waals surface area contributed by atoms with Crippen LogP contribution in [0, 0.1) is 6.92 Å². The Labute approximate surface area is 183 Å². The number of benzene rings is 2. The molecule has 0 atom stereocenters. The third-order valence-corrected chi connectivity index (χ3v) is 4.73. The molecule has 7 heteroatoms. The molecule has 3 N–H and O–H groups in total. The van der Waals surface area contributed by atoms with E-state index < -0.39 is 0 Å². The van der Waals surface area contributed by atoms with Gasteiger partial charge in [-0.15, -0.1) is 0 Å². The molecule has 1 heterocycles. The number of aliphatic imine (C=N–C) groups is 1. The van der Waals surface area contributed by atoms with Gasteiger partial charge in [0, 0.05) is 31.3 Å². The number of aromatic nitrogens is 1. The minimum Gasteiger partial charge on any atom is -0.439 e. The van der Waals surface area contributed by atoms with Crippen molar-refractivity contribution < 1.29 is 9.21 Å². The van der Waals surface area contributed by atoms with E-state index in [1.54, 1.807) is 13.2 Å². The molecule has 0 bridgehead atoms. The number of nitrogens with zero attached hydrogens (tertiary/aromatic N) is 2. The van der Waals surface area contributed by atoms with Gasteiger partial charge in [-0.1, -0.05) is 42.0 Å². The van der Waals surface area contributed by atoms with E-state index in [0.29, 0.717) is 30.5 Å². The number of hydrogen-bond acceptors (Lipinski definition) is 4. The summed E-state index contributed by atoms with van der Waals surface area (Å²) in [7, 11) is 1.63. The third-order valence-electron chi connectivity index (χ3n) is 4.73. The van der Waals surface area contributed by atoms with E-state index in [1.165, 1.54) is 5.56 Å². The van der Waals surface area contributed by atoms with Gasteiger partial charge >= 0.3 is 0 Å². The molecule has 7 nitrogen and oxygen atoms in total. The minimum absolute atomic E-state index is 0.0827. The molecule has 31 heavy (non-hydrogen) atoms. The second-order valence-corrected chi connectivity index (χ2v) is 7.14. The van der Waals surface area contributed by atoms with Gasteiger partial charge in [-0.3, -0.25) is 4.79 Å². The number of rotatable bonds is 8. The molecule has 0 aliphatic carbocycles. The van der Waals surface area contributed by atoms with Gasteiger partial charge < -0.3 is 20.4 Å². The number of carbonyl (C=O) groups is 1. The van der Waals surface area contributed by atoms with Crippen LogP contribution in [0.4, 0.5) is 0 Å². The van der Waals surface area contributed by atoms with Crippen LogP contribution in [0.1, 0.15) is 34.3 Å². The van der Waals surface area contributed by atoms with Crippen LogP contribution < -0.4 is 16.0 Å². The van der Waals surface area contributed by atoms with Crippen LogP contribution in [0.3, 0.4) is 0 Å². The van der Waals surface area contributed by atoms with Gasteiger partial charge in [0.25, 0.3) is 5.91 Å². The predicted octanol–water partition coefficient (Wildman–Crippen LogP) is 3.31. The highest BCUT2D eigenvalue weighted by Gasteiger charge is 2.07. The first-order chi connectivity index (χ1) is 15.1. The molecular formula is C24H29N5O2. The summed E-state index contributed by atoms with van der Waals surface area (Å²) in [6.07, 6.45) is 2.50. The zero-order valence-corrected chi connectivity index (χ0v) is 18.2. The summed E-state index contributed by atoms with van der Waals surface area (Å²) in [5, 5.41) is 9.19. The number of amides is 1. The molecule has 1 aromatic heterocycles. The highest BCUT2D eigenvalue weighted by atomic mass is 16.4. The lowest BCUT2D eigenvalue weighted by atomic mass is 10.1. The maximum Gasteiger partial charge on any atom is 0.251 e. The van der Waals surface area contributed by atoms with Gasteiger partial charge in [0.15, 0.2) is 11.7 Å². The van der Waals surface area contributed by atoms with Crippen molar-refractivity contribution >= 4 is 11.9 Å². The number of hydrogen-bond donors (Lipinski definition) is 3. The van der Waals surface area contributed by atoms with Gasteiger partial charge in [0.1, 0.15) is 6.54 Å². The molecule has 0 saturated carbocycles. The first-order valence-electron chi connectivity index (χ1n) is 10.4. The molecule has 0 spiro atoms. The molecule has 0 aliphatic rings. The van der Waals surface area contributed by atoms with E-state index in [-0.39, 0.29) is 5.91 Å². The second kappa shape index (κ2) is 11.0. The Kier molecular flexibility index (Phi) is 7.81. The van der Waals surface area contributed by atoms with Crippen LogP contribution in [-0.2, 0) is 13.0 Å². The molecular weight excluding hydrogens is 390 g/mol. The summed E-state index contributed by atoms with van der Waals surface area (Å²) >= 11 is 0. The van der Waals surface area contributed by atoms with Crippen LogP contribution in [0.2, 0.25) is 0 Å². The Morgan fingerprint density at radius 1 is 1.13 bits per heavy atom. The van der Waals surface area contributed by atoms with E-state index in [0.717, 1.165) is 29.9 Å². The summed E-state index contributed by atoms with van der Waals surface area (Å²) in [4.78, 5) is 20.7. The lowest BCUT2D eigenvalue weighted by Crippen LogP contribution is -2.38. The number of carbonyl (C=O) groups excluding carboxylic acids is 1. The number of nitrogens with one attached hydrogen (secondary N) is 3. The summed E-state index contributed by atoms with van der Waals surface area (Å²) < 4.78 is 5.85. The standard InChI is InChI=1S/C24H29N5O2/c1-4-26-24(27-13-12-18-6-5-7-20(14-18)23(30)25-3)29-16-22-28-15-21(31-22)19-10-8-17(2)9-11-19/h5-11,14-15H,4,12-13,16H2,1-3H3,(H,25,30)(H2,26,27,29). The summed E-state index contributed by atoms with van der Waals surface area (Å²) in [6, 6.07) is 15.8. The SMILES string of the molecule is CCNC(=NCc1ncc(-c2ccc(C)cc2)o1)NCCc1cccc(C(=O)NC)c1. The van der Waals surface area contributed by atoms with Gasteiger partial charge in [-0.2, -0.15) is 0 Å². The van der Waals surface area contributed by atoms with Crippen molar-refractivity contribution in [2.75, 3.05) is 20.1 Å². The monoisotopic (exact) mass is 419 g/mol. The normalized spacial score (nSPS) is 11.3. The highest BCUT2D eigenvalue weighted by Crippen LogP contribution is 2.21. The molecule has 0 radical (unpaired) electrons. The van der Waals surface area contributed by atoms with Crippen LogP contribution in [0.25, 0.3) is 11.3 Å². The van der Waals surface area contributed by atoms with Crippen LogP contribution in [-0.4, -0.2) is 37.0 Å². The Balaban J connectivity index is 1.57. The van der Waals surface area contributed by atoms with Gasteiger partial charge in [0.05, 0.1) is 6.20 Å². The van der Waals surface area contributed by atoms with Crippen LogP contribution >= 0.6 is 0 Å². The lowest BCUT2D eigenvalue weighted by Gasteiger charge is -2.11. The molecule has 0 saturated heterocycles. The fourth-order valence-electron chi connectivity index (χ4n) is 3.06. The predicted molar refractivity (Wildman–Crippen MR) is 123 cm³/mol. The maximum atomic E-state index is 11.8. The minimum atomic E-state index is -0.0827. The van der Waals surface area contributed by atoms with E-state index >= 15 is 0 Å². The number of guanidine groups is 1. The Morgan fingerprint density at radius 2 is 1.94 bits per heavy atom. The molecule has 3 rings (SSSR count). The Hall–Kier alpha value is -3.61. The molecule has 2 aromatic carbocycles. The van der Waals surface area contributed by atoms with Crippen LogP contribution in [0.15, 0.2) is 64.1 Å². The Bertz CT molecular complexity index is 1020. The first kappa shape index (κ1) is 22.1. The first-order valence-corrected chi connectivity index (χ1v) is 10.4. The maximum absolute atomic E-state index is 11.8. The van der Waals surface area contributed by atoms with E-state index in [1.807, 2.05) is 55.5 Å². The molecule has 0 unspecified atom stereocenters. The van der Waals surface area contributed by atoms with Crippen molar-refractivity contribution in [3.63, 3.8) is 0 Å². The average Bonchev–Trinajstić information content (AvgIpc) is 3.26. The molecule has 162 valence electrons. The summed E-state index contributed by atoms with van der Waals surface area (Å²) in [5.74, 6) is 1.91. The fraction of sp³-hybridized carbons (Fsp3) is 0.292. The zero-order valence-electron chi connectivity index (χ0n) is 18.2. The lowest BCUT2D eigenvalue weighted by molar-refractivity contribution is 0.0963. The van der Waals surface area contributed by atoms with Crippen molar-refractivity contribution in [2.45, 2.75) is 26.8 Å². The van der Waals surface area contributed by atoms with E-state index in [9.17, 15) is 4.79 Å². The van der Waals surface area contributed by atoms with Gasteiger partial charge in [0.2, 0.25) is 5.89 Å². The van der Waals surface area contributed by atoms with Gasteiger partial charge in [-0.25, -0.2) is 9.98 Å². The van der Waals surface area contributed by atoms with Crippen molar-refractivity contribution in [1.82, 2.24) is 20.9 Å². The number of aryl methyl sites for hydroxylation is 1. The largest absolute Gasteiger partial charge is 0.439 e. The van der Waals surface area contributed by atoms with Crippen molar-refractivity contribution in [3.05, 3.63) is 77.3 Å². The quantitative estimate of drug-likeness (QED) is 0.385. The van der Waals surface area contributed by atoms with Gasteiger partial charge in [-0.05, 0) is 38.0 Å². The Morgan fingerprint density at radius 3 is 2.68 bits per heavy atom. The second-order valence-electron chi connectivity index (χ2n) is 7.14. The van der Waals surface area contributed by atoms with Crippen molar-refractivity contribution in [2.24, 2.45) is 4.99 Å². The topological polar surface area (TPSA) is 91.6 Å². The van der Waals surface area contributed by atoms with Crippen molar-refractivity contribution in [3.8, 4) is 11.3 Å². The summed E-state index contributed by atoms with van der Waals surface area (Å²) in [6.45, 7) is 5.84. The van der Waals surface area contributed by atoms with Crippen molar-refractivity contribution in [1.29, 1.82) is 0 Å². The zero-order chi connectivity index (χ0) is 22.1. The average molecular weight is 420 g/mol. The fourth-order valence-corrected chi connectivity index (χ4v) is 3.06. The van der Waals surface area contributed by atoms with Crippen LogP contribution in [0.5, 0.6) is 0 Å². The van der Waals surface area contributed by atoms with E-state index in [4.69, 9.17) is 4.42 Å².